The molecule has 0 aliphatic rings. The summed E-state index contributed by atoms with van der Waals surface area (Å²) in [4.78, 5) is 17.8. The Balaban J connectivity index is 0.000000768. The van der Waals surface area contributed by atoms with Gasteiger partial charge in [-0.2, -0.15) is 0 Å². The second kappa shape index (κ2) is 21.4. The van der Waals surface area contributed by atoms with Crippen LogP contribution in [0.2, 0.25) is 0 Å². The molecule has 0 spiro atoms. The van der Waals surface area contributed by atoms with Gasteiger partial charge in [-0.3, -0.25) is 0 Å². The predicted octanol–water partition coefficient (Wildman–Crippen LogP) is 9.15. The molecule has 8 rings (SSSR count). The second-order valence-electron chi connectivity index (χ2n) is 16.3. The Hall–Kier alpha value is -5.30. The third kappa shape index (κ3) is 11.8. The molecule has 0 aliphatic carbocycles. The zero-order chi connectivity index (χ0) is 44.8. The van der Waals surface area contributed by atoms with Gasteiger partial charge in [0.25, 0.3) is 0 Å². The van der Waals surface area contributed by atoms with Crippen LogP contribution < -0.4 is 42.0 Å². The van der Waals surface area contributed by atoms with Gasteiger partial charge in [-0.05, 0) is 155 Å². The SMILES string of the molecule is CC(=O)[O-].CC(=O)[O-].Cc1cc(C)cc(P(c2cc(C)cc(C)c2)c2ccc3ccccc3c2-c2c(P(c3cc(C)cc(C)c3)c3ccc(C)cc3C)ccc3ccccc23)c1.[Ru+2]. The van der Waals surface area contributed by atoms with E-state index in [0.29, 0.717) is 0 Å². The van der Waals surface area contributed by atoms with Crippen LogP contribution in [0.25, 0.3) is 32.7 Å². The van der Waals surface area contributed by atoms with Gasteiger partial charge >= 0.3 is 19.5 Å². The van der Waals surface area contributed by atoms with Gasteiger partial charge in [0.1, 0.15) is 0 Å². The topological polar surface area (TPSA) is 80.3 Å². The second-order valence-corrected chi connectivity index (χ2v) is 20.7. The summed E-state index contributed by atoms with van der Waals surface area (Å²) in [5, 5.41) is 31.4. The molecule has 0 fully saturated rings. The first-order chi connectivity index (χ1) is 29.5. The summed E-state index contributed by atoms with van der Waals surface area (Å²) in [7, 11) is -1.88. The fourth-order valence-electron chi connectivity index (χ4n) is 8.55. The summed E-state index contributed by atoms with van der Waals surface area (Å²) in [5.41, 5.74) is 13.2. The molecule has 0 N–H and O–H groups in total. The third-order valence-electron chi connectivity index (χ3n) is 10.5. The zero-order valence-corrected chi connectivity index (χ0v) is 41.3. The van der Waals surface area contributed by atoms with Crippen molar-refractivity contribution in [3.8, 4) is 11.1 Å². The molecule has 1 atom stereocenters. The molecule has 4 nitrogen and oxygen atoms in total. The standard InChI is InChI=1S/C52H48P2.2C2H4O2.Ru/c1-33-17-20-48(40(8)26-33)54(45-31-38(6)25-39(7)32-45)50-22-19-42-14-10-12-16-47(42)52(50)51-46-15-11-9-13-41(46)18-21-49(51)53(43-27-34(2)23-35(3)28-43)44-29-36(4)24-37(5)30-44;2*1-2(3)4;/h9-32H,1-8H3;2*1H3,(H,3,4);/q;;;+2/p-2. The van der Waals surface area contributed by atoms with Gasteiger partial charge in [0, 0.05) is 11.9 Å². The van der Waals surface area contributed by atoms with E-state index in [1.807, 2.05) is 0 Å². The number of rotatable bonds is 7. The van der Waals surface area contributed by atoms with Gasteiger partial charge in [-0.1, -0.05) is 185 Å². The van der Waals surface area contributed by atoms with Crippen LogP contribution in [0.1, 0.15) is 58.4 Å². The Morgan fingerprint density at radius 2 is 0.698 bits per heavy atom. The van der Waals surface area contributed by atoms with E-state index in [9.17, 15) is 0 Å². The van der Waals surface area contributed by atoms with E-state index >= 15 is 0 Å². The van der Waals surface area contributed by atoms with E-state index in [0.717, 1.165) is 13.8 Å². The number of carboxylic acid groups (broad SMARTS) is 2. The minimum Gasteiger partial charge on any atom is -0.550 e. The van der Waals surface area contributed by atoms with Crippen LogP contribution >= 0.6 is 15.8 Å². The van der Waals surface area contributed by atoms with Crippen LogP contribution in [0, 0.1) is 55.4 Å². The maximum Gasteiger partial charge on any atom is 2.00 e. The normalized spacial score (nSPS) is 11.2. The fraction of sp³-hybridized carbons (Fsp3) is 0.179. The first-order valence-corrected chi connectivity index (χ1v) is 23.5. The first-order valence-electron chi connectivity index (χ1n) is 20.8. The van der Waals surface area contributed by atoms with Crippen molar-refractivity contribution in [1.82, 2.24) is 0 Å². The van der Waals surface area contributed by atoms with Crippen molar-refractivity contribution in [2.75, 3.05) is 0 Å². The molecule has 0 aliphatic heterocycles. The Morgan fingerprint density at radius 3 is 1.06 bits per heavy atom. The molecule has 8 aromatic rings. The quantitative estimate of drug-likeness (QED) is 0.118. The van der Waals surface area contributed by atoms with Crippen molar-refractivity contribution in [3.63, 3.8) is 0 Å². The number of aliphatic carboxylic acids is 2. The van der Waals surface area contributed by atoms with Crippen LogP contribution in [0.5, 0.6) is 0 Å². The molecular formula is C56H54O4P2Ru. The van der Waals surface area contributed by atoms with Crippen LogP contribution in [-0.2, 0) is 29.1 Å². The molecule has 320 valence electrons. The average Bonchev–Trinajstić information content (AvgIpc) is 3.17. The minimum absolute atomic E-state index is 0. The number of aryl methyl sites for hydroxylation is 8. The molecule has 1 unspecified atom stereocenters. The number of carboxylic acids is 2. The van der Waals surface area contributed by atoms with Gasteiger partial charge in [0.2, 0.25) is 0 Å². The van der Waals surface area contributed by atoms with Crippen LogP contribution in [0.3, 0.4) is 0 Å². The molecule has 0 bridgehead atoms. The monoisotopic (exact) mass is 954 g/mol. The summed E-state index contributed by atoms with van der Waals surface area (Å²) in [6, 6.07) is 56.5. The van der Waals surface area contributed by atoms with E-state index in [1.165, 1.54) is 109 Å². The molecular weight excluding hydrogens is 900 g/mol. The van der Waals surface area contributed by atoms with E-state index in [-0.39, 0.29) is 19.5 Å². The van der Waals surface area contributed by atoms with Crippen LogP contribution in [0.15, 0.2) is 146 Å². The molecule has 0 saturated carbocycles. The average molecular weight is 954 g/mol. The van der Waals surface area contributed by atoms with E-state index in [2.05, 4.69) is 201 Å². The maximum absolute atomic E-state index is 8.89. The number of carbonyl (C=O) groups excluding carboxylic acids is 2. The fourth-order valence-corrected chi connectivity index (χ4v) is 14.2. The van der Waals surface area contributed by atoms with Gasteiger partial charge < -0.3 is 19.8 Å². The van der Waals surface area contributed by atoms with Gasteiger partial charge in [0.15, 0.2) is 0 Å². The summed E-state index contributed by atoms with van der Waals surface area (Å²) in [5.74, 6) is -2.17. The molecule has 0 saturated heterocycles. The van der Waals surface area contributed by atoms with E-state index < -0.39 is 27.8 Å². The summed E-state index contributed by atoms with van der Waals surface area (Å²) in [6.45, 7) is 19.9. The Kier molecular flexibility index (Phi) is 16.5. The predicted molar refractivity (Wildman–Crippen MR) is 264 cm³/mol. The molecule has 63 heavy (non-hydrogen) atoms. The van der Waals surface area contributed by atoms with Gasteiger partial charge in [-0.15, -0.1) is 0 Å². The van der Waals surface area contributed by atoms with Crippen molar-refractivity contribution < 1.29 is 39.3 Å². The Bertz CT molecular complexity index is 2820. The number of hydrogen-bond acceptors (Lipinski definition) is 4. The maximum atomic E-state index is 8.89. The molecule has 0 radical (unpaired) electrons. The smallest absolute Gasteiger partial charge is 0.550 e. The van der Waals surface area contributed by atoms with E-state index in [1.54, 1.807) is 0 Å². The van der Waals surface area contributed by atoms with Crippen LogP contribution in [0.4, 0.5) is 0 Å². The van der Waals surface area contributed by atoms with Crippen molar-refractivity contribution in [2.24, 2.45) is 0 Å². The molecule has 8 aromatic carbocycles. The van der Waals surface area contributed by atoms with Crippen molar-refractivity contribution in [3.05, 3.63) is 190 Å². The molecule has 0 aromatic heterocycles. The van der Waals surface area contributed by atoms with Crippen LogP contribution in [-0.4, -0.2) is 11.9 Å². The number of benzene rings is 8. The zero-order valence-electron chi connectivity index (χ0n) is 37.7. The summed E-state index contributed by atoms with van der Waals surface area (Å²) in [6.07, 6.45) is 0. The van der Waals surface area contributed by atoms with Gasteiger partial charge in [0.05, 0.1) is 0 Å². The van der Waals surface area contributed by atoms with Crippen molar-refractivity contribution in [2.45, 2.75) is 69.2 Å². The number of fused-ring (bicyclic) bond motifs is 2. The van der Waals surface area contributed by atoms with Crippen molar-refractivity contribution >= 4 is 81.2 Å². The number of hydrogen-bond donors (Lipinski definition) is 0. The molecule has 0 amide bonds. The number of carbonyl (C=O) groups is 2. The van der Waals surface area contributed by atoms with E-state index in [4.69, 9.17) is 19.8 Å². The van der Waals surface area contributed by atoms with Gasteiger partial charge in [-0.25, -0.2) is 0 Å². The summed E-state index contributed by atoms with van der Waals surface area (Å²) < 4.78 is 0. The molecule has 0 heterocycles. The molecule has 7 heteroatoms. The minimum atomic E-state index is -1.08. The Labute approximate surface area is 388 Å². The Morgan fingerprint density at radius 1 is 0.381 bits per heavy atom. The largest absolute Gasteiger partial charge is 2.00 e. The third-order valence-corrected chi connectivity index (χ3v) is 15.5. The first kappa shape index (κ1) is 48.7. The summed E-state index contributed by atoms with van der Waals surface area (Å²) >= 11 is 0. The van der Waals surface area contributed by atoms with Crippen molar-refractivity contribution in [1.29, 1.82) is 0 Å².